The molecule has 0 aliphatic carbocycles. The first-order chi connectivity index (χ1) is 9.86. The molecule has 1 aromatic heterocycles. The van der Waals surface area contributed by atoms with Crippen LogP contribution in [0.5, 0.6) is 0 Å². The van der Waals surface area contributed by atoms with Crippen molar-refractivity contribution in [2.75, 3.05) is 6.54 Å². The maximum Gasteiger partial charge on any atom is 0.416 e. The van der Waals surface area contributed by atoms with E-state index >= 15 is 0 Å². The van der Waals surface area contributed by atoms with Crippen molar-refractivity contribution in [2.24, 2.45) is 5.73 Å². The molecule has 2 aromatic rings. The predicted molar refractivity (Wildman–Crippen MR) is 70.0 cm³/mol. The minimum Gasteiger partial charge on any atom is -0.460 e. The summed E-state index contributed by atoms with van der Waals surface area (Å²) in [7, 11) is 0. The predicted octanol–water partition coefficient (Wildman–Crippen LogP) is 2.54. The summed E-state index contributed by atoms with van der Waals surface area (Å²) in [5, 5.41) is 2.75. The van der Waals surface area contributed by atoms with Crippen LogP contribution in [0.1, 0.15) is 11.3 Å². The number of carbonyl (C=O) groups excluding carboxylic acids is 1. The fraction of sp³-hybridized carbons (Fsp3) is 0.214. The normalized spacial score (nSPS) is 11.6. The molecule has 0 saturated heterocycles. The van der Waals surface area contributed by atoms with E-state index in [0.29, 0.717) is 17.1 Å². The van der Waals surface area contributed by atoms with E-state index in [1.807, 2.05) is 0 Å². The quantitative estimate of drug-likeness (QED) is 0.891. The molecule has 0 aliphatic rings. The number of furan rings is 1. The third-order valence-corrected chi connectivity index (χ3v) is 2.73. The molecule has 0 unspecified atom stereocenters. The zero-order valence-corrected chi connectivity index (χ0v) is 10.9. The van der Waals surface area contributed by atoms with E-state index in [1.165, 1.54) is 12.1 Å². The maximum absolute atomic E-state index is 12.6. The molecular formula is C14H13F3N2O2. The summed E-state index contributed by atoms with van der Waals surface area (Å²) in [4.78, 5) is 10.6. The van der Waals surface area contributed by atoms with Crippen LogP contribution in [0.2, 0.25) is 0 Å². The smallest absolute Gasteiger partial charge is 0.416 e. The molecule has 1 heterocycles. The van der Waals surface area contributed by atoms with Crippen LogP contribution >= 0.6 is 0 Å². The van der Waals surface area contributed by atoms with Gasteiger partial charge in [0, 0.05) is 5.56 Å². The van der Waals surface area contributed by atoms with Gasteiger partial charge in [0.05, 0.1) is 18.7 Å². The first-order valence-electron chi connectivity index (χ1n) is 6.11. The fourth-order valence-corrected chi connectivity index (χ4v) is 1.79. The van der Waals surface area contributed by atoms with Gasteiger partial charge in [-0.2, -0.15) is 13.2 Å². The van der Waals surface area contributed by atoms with E-state index in [4.69, 9.17) is 10.2 Å². The summed E-state index contributed by atoms with van der Waals surface area (Å²) >= 11 is 0. The van der Waals surface area contributed by atoms with Crippen molar-refractivity contribution in [1.82, 2.24) is 5.32 Å². The minimum atomic E-state index is -4.39. The number of benzene rings is 1. The largest absolute Gasteiger partial charge is 0.460 e. The number of nitrogens with one attached hydrogen (secondary N) is 1. The molecule has 1 amide bonds. The van der Waals surface area contributed by atoms with Gasteiger partial charge in [0.15, 0.2) is 0 Å². The molecule has 112 valence electrons. The van der Waals surface area contributed by atoms with Gasteiger partial charge >= 0.3 is 6.18 Å². The number of rotatable bonds is 5. The number of carbonyl (C=O) groups is 1. The van der Waals surface area contributed by atoms with Crippen LogP contribution in [0.25, 0.3) is 11.3 Å². The molecule has 0 aliphatic heterocycles. The second-order valence-electron chi connectivity index (χ2n) is 4.41. The molecule has 0 atom stereocenters. The second-order valence-corrected chi connectivity index (χ2v) is 4.41. The Morgan fingerprint density at radius 2 is 2.00 bits per heavy atom. The summed E-state index contributed by atoms with van der Waals surface area (Å²) in [6.45, 7) is 0.265. The second kappa shape index (κ2) is 6.01. The lowest BCUT2D eigenvalue weighted by molar-refractivity contribution is -0.137. The Morgan fingerprint density at radius 1 is 1.24 bits per heavy atom. The molecule has 7 heteroatoms. The molecule has 0 saturated carbocycles. The van der Waals surface area contributed by atoms with Crippen molar-refractivity contribution in [3.63, 3.8) is 0 Å². The number of amides is 1. The first kappa shape index (κ1) is 15.1. The topological polar surface area (TPSA) is 68.3 Å². The maximum atomic E-state index is 12.6. The van der Waals surface area contributed by atoms with Crippen molar-refractivity contribution >= 4 is 5.91 Å². The highest BCUT2D eigenvalue weighted by atomic mass is 19.4. The Kier molecular flexibility index (Phi) is 4.32. The SMILES string of the molecule is NC(=O)CNCc1ccc(-c2cccc(C(F)(F)F)c2)o1. The lowest BCUT2D eigenvalue weighted by atomic mass is 10.1. The zero-order chi connectivity index (χ0) is 15.5. The highest BCUT2D eigenvalue weighted by molar-refractivity contribution is 5.75. The van der Waals surface area contributed by atoms with E-state index in [2.05, 4.69) is 5.32 Å². The van der Waals surface area contributed by atoms with E-state index in [1.54, 1.807) is 12.1 Å². The molecule has 1 aromatic carbocycles. The Bertz CT molecular complexity index is 635. The van der Waals surface area contributed by atoms with Crippen molar-refractivity contribution in [3.8, 4) is 11.3 Å². The highest BCUT2D eigenvalue weighted by Gasteiger charge is 2.30. The minimum absolute atomic E-state index is 0.000405. The van der Waals surface area contributed by atoms with Crippen LogP contribution in [0, 0.1) is 0 Å². The Balaban J connectivity index is 2.12. The zero-order valence-electron chi connectivity index (χ0n) is 10.9. The summed E-state index contributed by atoms with van der Waals surface area (Å²) in [5.74, 6) is 0.334. The van der Waals surface area contributed by atoms with Gasteiger partial charge in [0.1, 0.15) is 11.5 Å². The monoisotopic (exact) mass is 298 g/mol. The number of alkyl halides is 3. The van der Waals surface area contributed by atoms with E-state index < -0.39 is 17.6 Å². The van der Waals surface area contributed by atoms with Gasteiger partial charge < -0.3 is 15.5 Å². The third kappa shape index (κ3) is 4.09. The van der Waals surface area contributed by atoms with Crippen LogP contribution in [0.3, 0.4) is 0 Å². The van der Waals surface area contributed by atoms with E-state index in [-0.39, 0.29) is 13.1 Å². The van der Waals surface area contributed by atoms with Crippen LogP contribution in [0.4, 0.5) is 13.2 Å². The number of halogens is 3. The van der Waals surface area contributed by atoms with Gasteiger partial charge in [-0.3, -0.25) is 4.79 Å². The third-order valence-electron chi connectivity index (χ3n) is 2.73. The molecule has 0 bridgehead atoms. The molecule has 0 spiro atoms. The molecule has 0 fully saturated rings. The Morgan fingerprint density at radius 3 is 2.67 bits per heavy atom. The fourth-order valence-electron chi connectivity index (χ4n) is 1.79. The van der Waals surface area contributed by atoms with Gasteiger partial charge in [0.25, 0.3) is 0 Å². The number of hydrogen-bond donors (Lipinski definition) is 2. The average Bonchev–Trinajstić information content (AvgIpc) is 2.86. The van der Waals surface area contributed by atoms with Crippen molar-refractivity contribution < 1.29 is 22.4 Å². The molecular weight excluding hydrogens is 285 g/mol. The highest BCUT2D eigenvalue weighted by Crippen LogP contribution is 2.32. The summed E-state index contributed by atoms with van der Waals surface area (Å²) in [5.41, 5.74) is 4.58. The van der Waals surface area contributed by atoms with E-state index in [9.17, 15) is 18.0 Å². The van der Waals surface area contributed by atoms with Crippen molar-refractivity contribution in [2.45, 2.75) is 12.7 Å². The van der Waals surface area contributed by atoms with Gasteiger partial charge in [0.2, 0.25) is 5.91 Å². The number of hydrogen-bond acceptors (Lipinski definition) is 3. The molecule has 4 nitrogen and oxygen atoms in total. The number of primary amides is 1. The summed E-state index contributed by atoms with van der Waals surface area (Å²) < 4.78 is 43.4. The standard InChI is InChI=1S/C14H13F3N2O2/c15-14(16,17)10-3-1-2-9(6-10)12-5-4-11(21-12)7-19-8-13(18)20/h1-6,19H,7-8H2,(H2,18,20). The van der Waals surface area contributed by atoms with Crippen LogP contribution < -0.4 is 11.1 Å². The van der Waals surface area contributed by atoms with Crippen LogP contribution in [0.15, 0.2) is 40.8 Å². The van der Waals surface area contributed by atoms with Crippen LogP contribution in [-0.2, 0) is 17.5 Å². The Labute approximate surface area is 118 Å². The van der Waals surface area contributed by atoms with Crippen LogP contribution in [-0.4, -0.2) is 12.5 Å². The van der Waals surface area contributed by atoms with E-state index in [0.717, 1.165) is 12.1 Å². The molecule has 21 heavy (non-hydrogen) atoms. The van der Waals surface area contributed by atoms with Crippen molar-refractivity contribution in [3.05, 3.63) is 47.7 Å². The molecule has 2 rings (SSSR count). The van der Waals surface area contributed by atoms with Gasteiger partial charge in [-0.05, 0) is 24.3 Å². The average molecular weight is 298 g/mol. The molecule has 0 radical (unpaired) electrons. The van der Waals surface area contributed by atoms with Gasteiger partial charge in [-0.15, -0.1) is 0 Å². The Hall–Kier alpha value is -2.28. The summed E-state index contributed by atoms with van der Waals surface area (Å²) in [6.07, 6.45) is -4.39. The first-order valence-corrected chi connectivity index (χ1v) is 6.11. The summed E-state index contributed by atoms with van der Waals surface area (Å²) in [6, 6.07) is 8.10. The molecule has 3 N–H and O–H groups in total. The lowest BCUT2D eigenvalue weighted by Crippen LogP contribution is -2.27. The van der Waals surface area contributed by atoms with Crippen molar-refractivity contribution in [1.29, 1.82) is 0 Å². The lowest BCUT2D eigenvalue weighted by Gasteiger charge is -2.07. The number of nitrogens with two attached hydrogens (primary N) is 1. The van der Waals surface area contributed by atoms with Gasteiger partial charge in [-0.25, -0.2) is 0 Å². The van der Waals surface area contributed by atoms with Gasteiger partial charge in [-0.1, -0.05) is 12.1 Å².